The Hall–Kier alpha value is -2.58. The second-order valence-electron chi connectivity index (χ2n) is 4.22. The van der Waals surface area contributed by atoms with Gasteiger partial charge >= 0.3 is 6.18 Å². The predicted molar refractivity (Wildman–Crippen MR) is 65.6 cm³/mol. The molecule has 0 aliphatic heterocycles. The molecule has 112 valence electrons. The van der Waals surface area contributed by atoms with Gasteiger partial charge in [-0.3, -0.25) is 9.59 Å². The van der Waals surface area contributed by atoms with Gasteiger partial charge in [0.1, 0.15) is 17.9 Å². The van der Waals surface area contributed by atoms with Crippen LogP contribution in [-0.2, 0) is 17.5 Å². The number of alkyl halides is 3. The first kappa shape index (κ1) is 14.8. The Morgan fingerprint density at radius 2 is 2.19 bits per heavy atom. The van der Waals surface area contributed by atoms with E-state index in [0.29, 0.717) is 16.4 Å². The van der Waals surface area contributed by atoms with E-state index < -0.39 is 29.8 Å². The number of aromatic nitrogens is 2. The van der Waals surface area contributed by atoms with Crippen LogP contribution in [0, 0.1) is 6.92 Å². The van der Waals surface area contributed by atoms with Crippen molar-refractivity contribution in [1.82, 2.24) is 9.72 Å². The van der Waals surface area contributed by atoms with Gasteiger partial charge in [0, 0.05) is 12.3 Å². The van der Waals surface area contributed by atoms with E-state index in [0.717, 1.165) is 12.3 Å². The quantitative estimate of drug-likeness (QED) is 0.938. The van der Waals surface area contributed by atoms with Crippen LogP contribution in [-0.4, -0.2) is 15.6 Å². The lowest BCUT2D eigenvalue weighted by molar-refractivity contribution is -0.139. The second-order valence-corrected chi connectivity index (χ2v) is 4.22. The fourth-order valence-corrected chi connectivity index (χ4v) is 1.64. The molecule has 2 aromatic rings. The number of pyridine rings is 1. The molecule has 0 fully saturated rings. The third kappa shape index (κ3) is 3.50. The molecule has 0 aromatic carbocycles. The van der Waals surface area contributed by atoms with Crippen molar-refractivity contribution in [2.75, 3.05) is 5.32 Å². The summed E-state index contributed by atoms with van der Waals surface area (Å²) in [4.78, 5) is 23.3. The molecule has 0 atom stereocenters. The van der Waals surface area contributed by atoms with Crippen molar-refractivity contribution in [2.24, 2.45) is 0 Å². The molecule has 0 spiro atoms. The number of nitrogens with one attached hydrogen (secondary N) is 1. The van der Waals surface area contributed by atoms with Gasteiger partial charge in [-0.05, 0) is 19.1 Å². The van der Waals surface area contributed by atoms with Crippen LogP contribution >= 0.6 is 0 Å². The van der Waals surface area contributed by atoms with E-state index in [1.807, 2.05) is 0 Å². The Kier molecular flexibility index (Phi) is 3.83. The summed E-state index contributed by atoms with van der Waals surface area (Å²) in [6.45, 7) is 1.05. The van der Waals surface area contributed by atoms with Gasteiger partial charge in [-0.25, -0.2) is 0 Å². The van der Waals surface area contributed by atoms with Crippen LogP contribution in [0.15, 0.2) is 33.7 Å². The first-order chi connectivity index (χ1) is 9.77. The number of hydrogen-bond acceptors (Lipinski definition) is 4. The average molecular weight is 301 g/mol. The zero-order valence-electron chi connectivity index (χ0n) is 10.8. The molecule has 0 radical (unpaired) electrons. The minimum atomic E-state index is -4.76. The molecule has 2 aromatic heterocycles. The van der Waals surface area contributed by atoms with Gasteiger partial charge in [0.05, 0.1) is 0 Å². The van der Waals surface area contributed by atoms with Crippen LogP contribution in [0.2, 0.25) is 0 Å². The molecule has 0 aliphatic carbocycles. The normalized spacial score (nSPS) is 11.4. The highest BCUT2D eigenvalue weighted by Crippen LogP contribution is 2.25. The van der Waals surface area contributed by atoms with E-state index in [1.54, 1.807) is 6.92 Å². The first-order valence-electron chi connectivity index (χ1n) is 5.77. The van der Waals surface area contributed by atoms with Crippen molar-refractivity contribution in [3.05, 3.63) is 46.1 Å². The first-order valence-corrected chi connectivity index (χ1v) is 5.77. The summed E-state index contributed by atoms with van der Waals surface area (Å²) in [7, 11) is 0. The van der Waals surface area contributed by atoms with Crippen molar-refractivity contribution in [3.63, 3.8) is 0 Å². The molecule has 2 rings (SSSR count). The molecule has 6 nitrogen and oxygen atoms in total. The smallest absolute Gasteiger partial charge is 0.360 e. The van der Waals surface area contributed by atoms with Gasteiger partial charge in [0.2, 0.25) is 5.91 Å². The molecular formula is C12H10F3N3O3. The molecule has 0 unspecified atom stereocenters. The molecule has 21 heavy (non-hydrogen) atoms. The Morgan fingerprint density at radius 3 is 2.76 bits per heavy atom. The maximum atomic E-state index is 12.6. The van der Waals surface area contributed by atoms with Gasteiger partial charge < -0.3 is 14.4 Å². The number of amides is 1. The summed E-state index contributed by atoms with van der Waals surface area (Å²) in [6.07, 6.45) is -3.66. The largest absolute Gasteiger partial charge is 0.421 e. The maximum absolute atomic E-state index is 12.6. The fraction of sp³-hybridized carbons (Fsp3) is 0.250. The number of nitrogens with zero attached hydrogens (tertiary/aromatic N) is 2. The molecule has 0 saturated carbocycles. The summed E-state index contributed by atoms with van der Waals surface area (Å²) in [5, 5.41) is 5.81. The van der Waals surface area contributed by atoms with Gasteiger partial charge in [-0.15, -0.1) is 0 Å². The summed E-state index contributed by atoms with van der Waals surface area (Å²) >= 11 is 0. The predicted octanol–water partition coefficient (Wildman–Crippen LogP) is 1.80. The number of halogens is 3. The Balaban J connectivity index is 2.16. The van der Waals surface area contributed by atoms with Crippen molar-refractivity contribution < 1.29 is 22.5 Å². The summed E-state index contributed by atoms with van der Waals surface area (Å²) < 4.78 is 43.1. The highest BCUT2D eigenvalue weighted by Gasteiger charge is 2.34. The standard InChI is InChI=1S/C12H10F3N3O3/c1-7-5-9(17-21-7)16-10(19)6-18-4-2-3-8(11(18)20)12(13,14)15/h2-5H,6H2,1H3,(H,16,17,19). The number of carbonyl (C=O) groups is 1. The number of aryl methyl sites for hydroxylation is 1. The van der Waals surface area contributed by atoms with Crippen LogP contribution in [0.25, 0.3) is 0 Å². The summed E-state index contributed by atoms with van der Waals surface area (Å²) in [5.41, 5.74) is -2.61. The molecule has 1 N–H and O–H groups in total. The Bertz CT molecular complexity index is 718. The van der Waals surface area contributed by atoms with E-state index in [-0.39, 0.29) is 5.82 Å². The van der Waals surface area contributed by atoms with Gasteiger partial charge in [0.25, 0.3) is 5.56 Å². The highest BCUT2D eigenvalue weighted by molar-refractivity contribution is 5.89. The number of rotatable bonds is 3. The lowest BCUT2D eigenvalue weighted by Crippen LogP contribution is -2.31. The SMILES string of the molecule is Cc1cc(NC(=O)Cn2cccc(C(F)(F)F)c2=O)no1. The minimum absolute atomic E-state index is 0.123. The molecule has 0 bridgehead atoms. The maximum Gasteiger partial charge on any atom is 0.421 e. The molecular weight excluding hydrogens is 291 g/mol. The van der Waals surface area contributed by atoms with E-state index in [1.165, 1.54) is 6.07 Å². The number of carbonyl (C=O) groups excluding carboxylic acids is 1. The zero-order valence-corrected chi connectivity index (χ0v) is 10.8. The third-order valence-electron chi connectivity index (χ3n) is 2.53. The van der Waals surface area contributed by atoms with Crippen LogP contribution in [0.4, 0.5) is 19.0 Å². The number of anilines is 1. The lowest BCUT2D eigenvalue weighted by Gasteiger charge is -2.09. The van der Waals surface area contributed by atoms with Crippen molar-refractivity contribution in [1.29, 1.82) is 0 Å². The topological polar surface area (TPSA) is 77.1 Å². The van der Waals surface area contributed by atoms with Crippen molar-refractivity contribution in [2.45, 2.75) is 19.6 Å². The van der Waals surface area contributed by atoms with Crippen LogP contribution in [0.3, 0.4) is 0 Å². The monoisotopic (exact) mass is 301 g/mol. The van der Waals surface area contributed by atoms with Gasteiger partial charge in [0.15, 0.2) is 5.82 Å². The molecule has 0 saturated heterocycles. The summed E-state index contributed by atoms with van der Waals surface area (Å²) in [5.74, 6) is -0.108. The summed E-state index contributed by atoms with van der Waals surface area (Å²) in [6, 6.07) is 3.16. The van der Waals surface area contributed by atoms with E-state index in [9.17, 15) is 22.8 Å². The zero-order chi connectivity index (χ0) is 15.6. The molecule has 9 heteroatoms. The molecule has 1 amide bonds. The van der Waals surface area contributed by atoms with Crippen molar-refractivity contribution >= 4 is 11.7 Å². The van der Waals surface area contributed by atoms with E-state index in [4.69, 9.17) is 4.52 Å². The third-order valence-corrected chi connectivity index (χ3v) is 2.53. The van der Waals surface area contributed by atoms with Gasteiger partial charge in [-0.2, -0.15) is 13.2 Å². The lowest BCUT2D eigenvalue weighted by atomic mass is 10.2. The Labute approximate surface area is 116 Å². The Morgan fingerprint density at radius 1 is 1.48 bits per heavy atom. The average Bonchev–Trinajstić information content (AvgIpc) is 2.75. The van der Waals surface area contributed by atoms with Crippen LogP contribution in [0.1, 0.15) is 11.3 Å². The fourth-order valence-electron chi connectivity index (χ4n) is 1.64. The number of hydrogen-bond donors (Lipinski definition) is 1. The second kappa shape index (κ2) is 5.43. The van der Waals surface area contributed by atoms with Crippen LogP contribution in [0.5, 0.6) is 0 Å². The minimum Gasteiger partial charge on any atom is -0.360 e. The molecule has 2 heterocycles. The molecule has 0 aliphatic rings. The van der Waals surface area contributed by atoms with E-state index >= 15 is 0 Å². The van der Waals surface area contributed by atoms with E-state index in [2.05, 4.69) is 10.5 Å². The van der Waals surface area contributed by atoms with Crippen LogP contribution < -0.4 is 10.9 Å². The van der Waals surface area contributed by atoms with Crippen molar-refractivity contribution in [3.8, 4) is 0 Å². The van der Waals surface area contributed by atoms with Gasteiger partial charge in [-0.1, -0.05) is 5.16 Å². The highest BCUT2D eigenvalue weighted by atomic mass is 19.4.